The summed E-state index contributed by atoms with van der Waals surface area (Å²) < 4.78 is 5.99. The zero-order chi connectivity index (χ0) is 39.2. The van der Waals surface area contributed by atoms with E-state index in [0.717, 1.165) is 25.7 Å². The van der Waals surface area contributed by atoms with E-state index in [9.17, 15) is 4.79 Å². The summed E-state index contributed by atoms with van der Waals surface area (Å²) in [6.07, 6.45) is 14.5. The first-order valence-electron chi connectivity index (χ1n) is 23.3. The molecule has 2 heteroatoms. The fraction of sp³-hybridized carbons (Fsp3) is 0.237. The van der Waals surface area contributed by atoms with Crippen LogP contribution in [0.15, 0.2) is 91.0 Å². The molecular weight excluding hydrogens is 741 g/mol. The molecule has 1 fully saturated rings. The number of carbonyl (C=O) groups excluding carboxylic acids is 1. The maximum atomic E-state index is 13.7. The molecule has 2 atom stereocenters. The van der Waals surface area contributed by atoms with Crippen LogP contribution in [0.3, 0.4) is 0 Å². The fourth-order valence-corrected chi connectivity index (χ4v) is 17.2. The molecule has 0 saturated heterocycles. The van der Waals surface area contributed by atoms with Gasteiger partial charge in [0.05, 0.1) is 6.61 Å². The van der Waals surface area contributed by atoms with Crippen molar-refractivity contribution in [3.05, 3.63) is 118 Å². The minimum atomic E-state index is -0.283. The van der Waals surface area contributed by atoms with Gasteiger partial charge in [0.2, 0.25) is 0 Å². The van der Waals surface area contributed by atoms with E-state index < -0.39 is 0 Å². The number of hydrogen-bond acceptors (Lipinski definition) is 2. The maximum absolute atomic E-state index is 13.7. The Morgan fingerprint density at radius 2 is 0.902 bits per heavy atom. The highest BCUT2D eigenvalue weighted by molar-refractivity contribution is 6.64. The lowest BCUT2D eigenvalue weighted by Crippen LogP contribution is -2.27. The Labute approximate surface area is 349 Å². The summed E-state index contributed by atoms with van der Waals surface area (Å²) in [5.41, 5.74) is 6.84. The summed E-state index contributed by atoms with van der Waals surface area (Å²) in [6, 6.07) is 31.6. The first-order valence-corrected chi connectivity index (χ1v) is 23.3. The van der Waals surface area contributed by atoms with Crippen molar-refractivity contribution in [3.63, 3.8) is 0 Å². The monoisotopic (exact) mass is 778 g/mol. The Bertz CT molecular complexity index is 4100. The lowest BCUT2D eigenvalue weighted by atomic mass is 9.68. The highest BCUT2D eigenvalue weighted by Crippen LogP contribution is 2.92. The molecule has 2 nitrogen and oxygen atoms in total. The Morgan fingerprint density at radius 3 is 1.43 bits per heavy atom. The van der Waals surface area contributed by atoms with Crippen molar-refractivity contribution >= 4 is 136 Å². The molecule has 61 heavy (non-hydrogen) atoms. The van der Waals surface area contributed by atoms with Crippen LogP contribution in [0.1, 0.15) is 81.4 Å². The molecule has 2 spiro atoms. The molecule has 0 amide bonds. The third-order valence-corrected chi connectivity index (χ3v) is 18.5. The normalized spacial score (nSPS) is 23.3. The van der Waals surface area contributed by atoms with Crippen LogP contribution in [-0.2, 0) is 25.8 Å². The van der Waals surface area contributed by atoms with Gasteiger partial charge in [-0.1, -0.05) is 130 Å². The number of benzene rings is 9. The third kappa shape index (κ3) is 2.55. The number of rotatable bonds is 12. The van der Waals surface area contributed by atoms with Gasteiger partial charge in [0.1, 0.15) is 0 Å². The SMILES string of the molecule is CCCCCCCCOC(=O)CCCC1(c2ccccc2)C23C4=c5ccc6c7ccc8c9ccc%10c%11ccc%12c%13c(c%14c%15c2c5c6c2c7c8c5c9c%10c(c%13%11)c%14c5c%152)C13C=%12C=C4. The average Bonchev–Trinajstić information content (AvgIpc) is 3.94. The van der Waals surface area contributed by atoms with Crippen molar-refractivity contribution in [2.24, 2.45) is 0 Å². The summed E-state index contributed by atoms with van der Waals surface area (Å²) in [4.78, 5) is 13.7. The van der Waals surface area contributed by atoms with Gasteiger partial charge in [0, 0.05) is 22.7 Å². The van der Waals surface area contributed by atoms with E-state index in [1.54, 1.807) is 38.1 Å². The number of unbranched alkanes of at least 4 members (excludes halogenated alkanes) is 5. The second-order valence-corrected chi connectivity index (χ2v) is 20.2. The van der Waals surface area contributed by atoms with Gasteiger partial charge in [-0.2, -0.15) is 0 Å². The van der Waals surface area contributed by atoms with Gasteiger partial charge >= 0.3 is 5.97 Å². The van der Waals surface area contributed by atoms with E-state index >= 15 is 0 Å². The lowest BCUT2D eigenvalue weighted by molar-refractivity contribution is -0.143. The zero-order valence-electron chi connectivity index (χ0n) is 34.0. The van der Waals surface area contributed by atoms with Crippen LogP contribution in [0.4, 0.5) is 0 Å². The summed E-state index contributed by atoms with van der Waals surface area (Å²) in [7, 11) is 0. The zero-order valence-corrected chi connectivity index (χ0v) is 34.0. The predicted octanol–water partition coefficient (Wildman–Crippen LogP) is 13.3. The van der Waals surface area contributed by atoms with Gasteiger partial charge in [-0.3, -0.25) is 4.79 Å². The molecule has 5 aliphatic carbocycles. The topological polar surface area (TPSA) is 26.3 Å². The summed E-state index contributed by atoms with van der Waals surface area (Å²) in [6.45, 7) is 2.80. The Balaban J connectivity index is 1.00. The highest BCUT2D eigenvalue weighted by atomic mass is 16.5. The second kappa shape index (κ2) is 9.16. The molecule has 18 rings (SSSR count). The number of hydrogen-bond donors (Lipinski definition) is 0. The number of fused-ring (bicyclic) bond motifs is 3. The van der Waals surface area contributed by atoms with Gasteiger partial charge in [-0.15, -0.1) is 0 Å². The average molecular weight is 779 g/mol. The molecule has 13 aromatic rings. The molecule has 1 saturated carbocycles. The fourth-order valence-electron chi connectivity index (χ4n) is 17.2. The molecule has 0 N–H and O–H groups in total. The molecule has 0 bridgehead atoms. The van der Waals surface area contributed by atoms with Gasteiger partial charge in [0.15, 0.2) is 0 Å². The van der Waals surface area contributed by atoms with Crippen molar-refractivity contribution in [2.45, 2.75) is 81.0 Å². The van der Waals surface area contributed by atoms with Crippen molar-refractivity contribution < 1.29 is 9.53 Å². The van der Waals surface area contributed by atoms with E-state index in [2.05, 4.69) is 97.9 Å². The predicted molar refractivity (Wildman–Crippen MR) is 253 cm³/mol. The van der Waals surface area contributed by atoms with Crippen molar-refractivity contribution in [1.82, 2.24) is 0 Å². The van der Waals surface area contributed by atoms with Crippen LogP contribution in [-0.4, -0.2) is 12.6 Å². The number of ether oxygens (including phenoxy) is 1. The molecule has 0 radical (unpaired) electrons. The molecule has 2 unspecified atom stereocenters. The molecule has 0 aromatic heterocycles. The summed E-state index contributed by atoms with van der Waals surface area (Å²) in [5.74, 6) is -0.0316. The molecule has 0 aliphatic heterocycles. The first-order chi connectivity index (χ1) is 30.2. The molecule has 13 aromatic carbocycles. The van der Waals surface area contributed by atoms with Crippen LogP contribution >= 0.6 is 0 Å². The second-order valence-electron chi connectivity index (χ2n) is 20.2. The van der Waals surface area contributed by atoms with Crippen LogP contribution in [0.2, 0.25) is 0 Å². The third-order valence-electron chi connectivity index (χ3n) is 18.5. The molecule has 5 aliphatic rings. The van der Waals surface area contributed by atoms with Gasteiger partial charge in [-0.25, -0.2) is 0 Å². The number of esters is 1. The maximum Gasteiger partial charge on any atom is 0.305 e. The van der Waals surface area contributed by atoms with E-state index in [1.165, 1.54) is 144 Å². The minimum Gasteiger partial charge on any atom is -0.466 e. The van der Waals surface area contributed by atoms with Crippen molar-refractivity contribution in [2.75, 3.05) is 6.61 Å². The molecular formula is C59H38O2. The van der Waals surface area contributed by atoms with Crippen molar-refractivity contribution in [1.29, 1.82) is 0 Å². The van der Waals surface area contributed by atoms with Crippen molar-refractivity contribution in [3.8, 4) is 0 Å². The van der Waals surface area contributed by atoms with Crippen LogP contribution < -0.4 is 10.4 Å². The standard InChI is InChI=1S/C59H38O2/c1-2-3-4-5-6-10-26-61-38(60)14-11-25-57(27-12-8-7-9-13-27)58-36-23-24-37-35-22-20-33-31-18-16-29-28-15-17-30-32-19-21-34(36)45-43(32)48-41(30)39(28)47-40(29)42(31)49-44(33)46(35)56(59(37,57)58)54-52(49)50(47)51(48)53(54)55(45)58/h7-9,12-13,15-24H,2-6,10-11,14,25-26H2,1H3. The van der Waals surface area contributed by atoms with Crippen LogP contribution in [0, 0.1) is 0 Å². The van der Waals surface area contributed by atoms with E-state index in [4.69, 9.17) is 4.74 Å². The van der Waals surface area contributed by atoms with Gasteiger partial charge in [0.25, 0.3) is 0 Å². The van der Waals surface area contributed by atoms with Crippen LogP contribution in [0.5, 0.6) is 0 Å². The number of allylic oxidation sites excluding steroid dienone is 2. The van der Waals surface area contributed by atoms with Gasteiger partial charge in [-0.05, 0) is 176 Å². The van der Waals surface area contributed by atoms with E-state index in [1.807, 2.05) is 0 Å². The Morgan fingerprint density at radius 1 is 0.459 bits per heavy atom. The molecule has 0 heterocycles. The van der Waals surface area contributed by atoms with E-state index in [-0.39, 0.29) is 22.2 Å². The number of carbonyl (C=O) groups is 1. The lowest BCUT2D eigenvalue weighted by Gasteiger charge is -2.32. The summed E-state index contributed by atoms with van der Waals surface area (Å²) in [5, 5.41) is 35.9. The quantitative estimate of drug-likeness (QED) is 0.0701. The minimum absolute atomic E-state index is 0.0316. The first kappa shape index (κ1) is 30.7. The largest absolute Gasteiger partial charge is 0.466 e. The Hall–Kier alpha value is -6.25. The highest BCUT2D eigenvalue weighted by Gasteiger charge is 2.93. The van der Waals surface area contributed by atoms with Crippen LogP contribution in [0.25, 0.3) is 130 Å². The summed E-state index contributed by atoms with van der Waals surface area (Å²) >= 11 is 0. The van der Waals surface area contributed by atoms with E-state index in [0.29, 0.717) is 13.0 Å². The molecule has 286 valence electrons. The smallest absolute Gasteiger partial charge is 0.305 e. The van der Waals surface area contributed by atoms with Gasteiger partial charge < -0.3 is 4.74 Å². The Kier molecular flexibility index (Phi) is 4.62.